The molecule has 0 saturated heterocycles. The van der Waals surface area contributed by atoms with Gasteiger partial charge < -0.3 is 15.0 Å². The Kier molecular flexibility index (Phi) is 7.63. The molecule has 1 amide bonds. The summed E-state index contributed by atoms with van der Waals surface area (Å²) in [6.45, 7) is 0.533. The van der Waals surface area contributed by atoms with Crippen molar-refractivity contribution < 1.29 is 9.53 Å². The number of carbonyl (C=O) groups is 1. The van der Waals surface area contributed by atoms with Crippen LogP contribution in [0.25, 0.3) is 0 Å². The molecule has 30 heavy (non-hydrogen) atoms. The number of nitrogens with zero attached hydrogens (tertiary/aromatic N) is 1. The van der Waals surface area contributed by atoms with E-state index < -0.39 is 0 Å². The number of ether oxygens (including phenoxy) is 1. The first-order valence-corrected chi connectivity index (χ1v) is 10.3. The van der Waals surface area contributed by atoms with E-state index in [0.717, 1.165) is 35.3 Å². The number of rotatable bonds is 9. The van der Waals surface area contributed by atoms with Crippen LogP contribution in [0, 0.1) is 0 Å². The molecule has 3 aromatic carbocycles. The topological polar surface area (TPSA) is 41.6 Å². The van der Waals surface area contributed by atoms with Gasteiger partial charge in [-0.25, -0.2) is 0 Å². The summed E-state index contributed by atoms with van der Waals surface area (Å²) in [7, 11) is 5.71. The smallest absolute Gasteiger partial charge is 0.251 e. The van der Waals surface area contributed by atoms with Gasteiger partial charge in [-0.1, -0.05) is 60.7 Å². The van der Waals surface area contributed by atoms with E-state index in [-0.39, 0.29) is 11.9 Å². The number of hydrogen-bond acceptors (Lipinski definition) is 3. The molecule has 0 bridgehead atoms. The van der Waals surface area contributed by atoms with E-state index in [9.17, 15) is 4.79 Å². The minimum absolute atomic E-state index is 0.0287. The second-order valence-electron chi connectivity index (χ2n) is 7.61. The van der Waals surface area contributed by atoms with Crippen LogP contribution in [0.2, 0.25) is 0 Å². The zero-order valence-corrected chi connectivity index (χ0v) is 18.0. The summed E-state index contributed by atoms with van der Waals surface area (Å²) < 4.78 is 5.25. The maximum Gasteiger partial charge on any atom is 0.251 e. The summed E-state index contributed by atoms with van der Waals surface area (Å²) in [5.41, 5.74) is 4.24. The minimum atomic E-state index is -0.0287. The Morgan fingerprint density at radius 1 is 0.900 bits per heavy atom. The molecule has 0 aromatic heterocycles. The van der Waals surface area contributed by atoms with Gasteiger partial charge >= 0.3 is 0 Å². The Morgan fingerprint density at radius 2 is 1.57 bits per heavy atom. The highest BCUT2D eigenvalue weighted by Gasteiger charge is 2.17. The van der Waals surface area contributed by atoms with Gasteiger partial charge in [-0.2, -0.15) is 0 Å². The van der Waals surface area contributed by atoms with Crippen LogP contribution in [-0.2, 0) is 12.8 Å². The van der Waals surface area contributed by atoms with Gasteiger partial charge in [0.05, 0.1) is 13.2 Å². The Hall–Kier alpha value is -3.11. The summed E-state index contributed by atoms with van der Waals surface area (Å²) in [4.78, 5) is 15.1. The van der Waals surface area contributed by atoms with Gasteiger partial charge in [0.2, 0.25) is 0 Å². The number of nitrogens with one attached hydrogen (secondary N) is 1. The molecule has 0 aliphatic carbocycles. The van der Waals surface area contributed by atoms with Crippen molar-refractivity contribution in [3.8, 4) is 5.75 Å². The van der Waals surface area contributed by atoms with E-state index in [0.29, 0.717) is 6.54 Å². The lowest BCUT2D eigenvalue weighted by molar-refractivity contribution is 0.0941. The van der Waals surface area contributed by atoms with Gasteiger partial charge in [0.1, 0.15) is 5.75 Å². The van der Waals surface area contributed by atoms with E-state index in [1.165, 1.54) is 5.56 Å². The van der Waals surface area contributed by atoms with E-state index in [1.807, 2.05) is 68.7 Å². The van der Waals surface area contributed by atoms with Gasteiger partial charge in [-0.3, -0.25) is 4.79 Å². The van der Waals surface area contributed by atoms with Gasteiger partial charge in [0.25, 0.3) is 5.91 Å². The van der Waals surface area contributed by atoms with Crippen LogP contribution in [0.15, 0.2) is 78.9 Å². The highest BCUT2D eigenvalue weighted by atomic mass is 16.5. The lowest BCUT2D eigenvalue weighted by Gasteiger charge is -2.25. The lowest BCUT2D eigenvalue weighted by Crippen LogP contribution is -2.35. The number of methoxy groups -OCH3 is 1. The third-order valence-corrected chi connectivity index (χ3v) is 5.37. The predicted octanol–water partition coefficient (Wildman–Crippen LogP) is 4.51. The summed E-state index contributed by atoms with van der Waals surface area (Å²) in [6.07, 6.45) is 1.75. The molecule has 4 heteroatoms. The Morgan fingerprint density at radius 3 is 2.23 bits per heavy atom. The van der Waals surface area contributed by atoms with E-state index in [2.05, 4.69) is 34.5 Å². The maximum absolute atomic E-state index is 13.0. The van der Waals surface area contributed by atoms with Crippen LogP contribution in [0.3, 0.4) is 0 Å². The first-order valence-electron chi connectivity index (χ1n) is 10.3. The van der Waals surface area contributed by atoms with Crippen LogP contribution in [0.1, 0.15) is 33.1 Å². The summed E-state index contributed by atoms with van der Waals surface area (Å²) in [5.74, 6) is 0.798. The number of likely N-dealkylation sites (N-methyl/N-ethyl adjacent to an activating group) is 1. The van der Waals surface area contributed by atoms with Crippen molar-refractivity contribution >= 4 is 5.91 Å². The third-order valence-electron chi connectivity index (χ3n) is 5.37. The molecule has 3 aromatic rings. The molecular weight excluding hydrogens is 372 g/mol. The lowest BCUT2D eigenvalue weighted by atomic mass is 9.99. The van der Waals surface area contributed by atoms with Gasteiger partial charge in [-0.15, -0.1) is 0 Å². The molecule has 0 fully saturated rings. The van der Waals surface area contributed by atoms with Gasteiger partial charge in [-0.05, 0) is 61.8 Å². The molecule has 0 aliphatic heterocycles. The van der Waals surface area contributed by atoms with E-state index in [4.69, 9.17) is 4.74 Å². The normalized spacial score (nSPS) is 11.9. The molecular formula is C26H30N2O2. The highest BCUT2D eigenvalue weighted by molar-refractivity contribution is 5.95. The first-order chi connectivity index (χ1) is 14.6. The molecule has 3 rings (SSSR count). The largest absolute Gasteiger partial charge is 0.497 e. The van der Waals surface area contributed by atoms with Crippen LogP contribution in [0.5, 0.6) is 5.75 Å². The van der Waals surface area contributed by atoms with Crippen LogP contribution < -0.4 is 10.1 Å². The van der Waals surface area contributed by atoms with Gasteiger partial charge in [0.15, 0.2) is 0 Å². The van der Waals surface area contributed by atoms with Crippen molar-refractivity contribution in [2.45, 2.75) is 18.9 Å². The second kappa shape index (κ2) is 10.6. The van der Waals surface area contributed by atoms with Crippen molar-refractivity contribution in [3.63, 3.8) is 0 Å². The molecule has 0 spiro atoms. The van der Waals surface area contributed by atoms with Crippen LogP contribution in [0.4, 0.5) is 0 Å². The fourth-order valence-electron chi connectivity index (χ4n) is 3.59. The monoisotopic (exact) mass is 402 g/mol. The zero-order valence-electron chi connectivity index (χ0n) is 18.0. The maximum atomic E-state index is 13.0. The number of amides is 1. The Labute approximate surface area is 179 Å². The number of hydrogen-bond donors (Lipinski definition) is 1. The molecule has 0 aliphatic rings. The molecule has 0 saturated carbocycles. The number of carbonyl (C=O) groups excluding carboxylic acids is 1. The van der Waals surface area contributed by atoms with Crippen molar-refractivity contribution in [2.75, 3.05) is 27.7 Å². The Bertz CT molecular complexity index is 937. The van der Waals surface area contributed by atoms with E-state index in [1.54, 1.807) is 7.11 Å². The predicted molar refractivity (Wildman–Crippen MR) is 122 cm³/mol. The average Bonchev–Trinajstić information content (AvgIpc) is 2.79. The van der Waals surface area contributed by atoms with Crippen molar-refractivity contribution in [3.05, 3.63) is 101 Å². The van der Waals surface area contributed by atoms with Crippen LogP contribution >= 0.6 is 0 Å². The fourth-order valence-corrected chi connectivity index (χ4v) is 3.59. The average molecular weight is 403 g/mol. The SMILES string of the molecule is COc1ccc(C(CNC(=O)c2ccccc2CCc2ccccc2)N(C)C)cc1. The Balaban J connectivity index is 1.67. The molecule has 1 unspecified atom stereocenters. The number of benzene rings is 3. The van der Waals surface area contributed by atoms with E-state index >= 15 is 0 Å². The highest BCUT2D eigenvalue weighted by Crippen LogP contribution is 2.21. The summed E-state index contributed by atoms with van der Waals surface area (Å²) in [6, 6.07) is 26.3. The van der Waals surface area contributed by atoms with Crippen molar-refractivity contribution in [1.82, 2.24) is 10.2 Å². The standard InChI is InChI=1S/C26H30N2O2/c1-28(2)25(22-15-17-23(30-3)18-16-22)19-27-26(29)24-12-8-7-11-21(24)14-13-20-9-5-4-6-10-20/h4-12,15-18,25H,13-14,19H2,1-3H3,(H,27,29). The minimum Gasteiger partial charge on any atom is -0.497 e. The molecule has 1 N–H and O–H groups in total. The van der Waals surface area contributed by atoms with Crippen LogP contribution in [-0.4, -0.2) is 38.6 Å². The molecule has 156 valence electrons. The summed E-state index contributed by atoms with van der Waals surface area (Å²) >= 11 is 0. The molecule has 0 radical (unpaired) electrons. The molecule has 4 nitrogen and oxygen atoms in total. The van der Waals surface area contributed by atoms with Crippen molar-refractivity contribution in [1.29, 1.82) is 0 Å². The third kappa shape index (κ3) is 5.71. The summed E-state index contributed by atoms with van der Waals surface area (Å²) in [5, 5.41) is 3.13. The molecule has 0 heterocycles. The van der Waals surface area contributed by atoms with Gasteiger partial charge in [0, 0.05) is 12.1 Å². The second-order valence-corrected chi connectivity index (χ2v) is 7.61. The number of aryl methyl sites for hydroxylation is 2. The quantitative estimate of drug-likeness (QED) is 0.572. The first kappa shape index (κ1) is 21.6. The fraction of sp³-hybridized carbons (Fsp3) is 0.269. The molecule has 1 atom stereocenters. The zero-order chi connectivity index (χ0) is 21.3. The van der Waals surface area contributed by atoms with Crippen molar-refractivity contribution in [2.24, 2.45) is 0 Å².